The summed E-state index contributed by atoms with van der Waals surface area (Å²) in [6.07, 6.45) is 4.31. The summed E-state index contributed by atoms with van der Waals surface area (Å²) in [4.78, 5) is 23.9. The van der Waals surface area contributed by atoms with Crippen molar-refractivity contribution in [1.82, 2.24) is 14.9 Å². The van der Waals surface area contributed by atoms with Gasteiger partial charge in [0.1, 0.15) is 11.4 Å². The zero-order chi connectivity index (χ0) is 19.2. The Kier molecular flexibility index (Phi) is 6.27. The molecule has 0 spiro atoms. The monoisotopic (exact) mass is 368 g/mol. The van der Waals surface area contributed by atoms with Gasteiger partial charge in [-0.3, -0.25) is 4.79 Å². The molecule has 1 aliphatic heterocycles. The van der Waals surface area contributed by atoms with Crippen molar-refractivity contribution in [2.24, 2.45) is 0 Å². The number of methoxy groups -OCH3 is 1. The van der Waals surface area contributed by atoms with Crippen LogP contribution in [0, 0.1) is 6.92 Å². The van der Waals surface area contributed by atoms with Crippen LogP contribution in [0.25, 0.3) is 0 Å². The van der Waals surface area contributed by atoms with Crippen LogP contribution in [0.5, 0.6) is 5.75 Å². The molecule has 1 aliphatic rings. The first-order valence-electron chi connectivity index (χ1n) is 9.64. The molecule has 6 nitrogen and oxygen atoms in total. The molecule has 1 fully saturated rings. The van der Waals surface area contributed by atoms with Gasteiger partial charge in [-0.05, 0) is 44.7 Å². The van der Waals surface area contributed by atoms with Crippen LogP contribution >= 0.6 is 0 Å². The number of piperidine rings is 1. The number of anilines is 1. The summed E-state index contributed by atoms with van der Waals surface area (Å²) < 4.78 is 5.38. The highest BCUT2D eigenvalue weighted by Gasteiger charge is 2.27. The number of amides is 1. The molecule has 0 saturated carbocycles. The van der Waals surface area contributed by atoms with Crippen molar-refractivity contribution in [3.63, 3.8) is 0 Å². The minimum atomic E-state index is 0.00684. The number of aryl methyl sites for hydroxylation is 1. The van der Waals surface area contributed by atoms with Crippen molar-refractivity contribution in [2.75, 3.05) is 19.0 Å². The highest BCUT2D eigenvalue weighted by Crippen LogP contribution is 2.22. The summed E-state index contributed by atoms with van der Waals surface area (Å²) in [6, 6.07) is 9.90. The van der Waals surface area contributed by atoms with Gasteiger partial charge in [0.15, 0.2) is 0 Å². The predicted molar refractivity (Wildman–Crippen MR) is 106 cm³/mol. The van der Waals surface area contributed by atoms with Gasteiger partial charge >= 0.3 is 0 Å². The quantitative estimate of drug-likeness (QED) is 0.840. The lowest BCUT2D eigenvalue weighted by Crippen LogP contribution is -2.43. The molecular formula is C21H28N4O2. The zero-order valence-electron chi connectivity index (χ0n) is 16.4. The molecule has 1 saturated heterocycles. The third-order valence-corrected chi connectivity index (χ3v) is 5.06. The number of nitrogens with one attached hydrogen (secondary N) is 1. The number of rotatable bonds is 6. The maximum absolute atomic E-state index is 13.0. The van der Waals surface area contributed by atoms with Gasteiger partial charge < -0.3 is 15.0 Å². The normalized spacial score (nSPS) is 16.9. The molecule has 1 unspecified atom stereocenters. The Bertz CT molecular complexity index is 794. The zero-order valence-corrected chi connectivity index (χ0v) is 16.4. The second-order valence-corrected chi connectivity index (χ2v) is 6.94. The van der Waals surface area contributed by atoms with Crippen LogP contribution in [0.3, 0.4) is 0 Å². The molecule has 6 heteroatoms. The van der Waals surface area contributed by atoms with E-state index in [1.165, 1.54) is 6.42 Å². The third kappa shape index (κ3) is 4.56. The van der Waals surface area contributed by atoms with Gasteiger partial charge in [0.05, 0.1) is 7.11 Å². The molecule has 27 heavy (non-hydrogen) atoms. The van der Waals surface area contributed by atoms with Crippen molar-refractivity contribution < 1.29 is 9.53 Å². The van der Waals surface area contributed by atoms with Crippen LogP contribution < -0.4 is 10.1 Å². The van der Waals surface area contributed by atoms with Crippen LogP contribution in [0.1, 0.15) is 54.4 Å². The minimum Gasteiger partial charge on any atom is -0.496 e. The molecule has 1 aromatic heterocycles. The Balaban J connectivity index is 1.76. The molecule has 0 bridgehead atoms. The third-order valence-electron chi connectivity index (χ3n) is 5.06. The van der Waals surface area contributed by atoms with E-state index in [1.54, 1.807) is 13.2 Å². The molecule has 1 amide bonds. The summed E-state index contributed by atoms with van der Waals surface area (Å²) in [7, 11) is 1.65. The summed E-state index contributed by atoms with van der Waals surface area (Å²) in [5.41, 5.74) is 2.26. The fourth-order valence-electron chi connectivity index (χ4n) is 3.62. The van der Waals surface area contributed by atoms with E-state index in [0.717, 1.165) is 42.8 Å². The number of carbonyl (C=O) groups is 1. The summed E-state index contributed by atoms with van der Waals surface area (Å²) in [6.45, 7) is 5.37. The first-order chi connectivity index (χ1) is 13.1. The number of hydrogen-bond acceptors (Lipinski definition) is 5. The van der Waals surface area contributed by atoms with Crippen LogP contribution in [-0.4, -0.2) is 40.5 Å². The van der Waals surface area contributed by atoms with Crippen molar-refractivity contribution >= 4 is 11.9 Å². The Labute approximate surface area is 161 Å². The molecule has 144 valence electrons. The van der Waals surface area contributed by atoms with Crippen LogP contribution in [-0.2, 0) is 6.54 Å². The van der Waals surface area contributed by atoms with Crippen LogP contribution in [0.2, 0.25) is 0 Å². The van der Waals surface area contributed by atoms with Gasteiger partial charge in [0, 0.05) is 30.4 Å². The van der Waals surface area contributed by atoms with E-state index in [9.17, 15) is 4.79 Å². The molecule has 1 aromatic carbocycles. The molecule has 0 radical (unpaired) electrons. The van der Waals surface area contributed by atoms with Crippen LogP contribution in [0.4, 0.5) is 5.95 Å². The number of ether oxygens (including phenoxy) is 1. The lowest BCUT2D eigenvalue weighted by molar-refractivity contribution is 0.0601. The molecule has 0 aliphatic carbocycles. The Morgan fingerprint density at radius 3 is 2.89 bits per heavy atom. The van der Waals surface area contributed by atoms with Crippen molar-refractivity contribution in [3.8, 4) is 5.75 Å². The molecule has 3 rings (SSSR count). The summed E-state index contributed by atoms with van der Waals surface area (Å²) in [5.74, 6) is 1.29. The summed E-state index contributed by atoms with van der Waals surface area (Å²) in [5, 5.41) is 3.23. The number of nitrogens with zero attached hydrogens (tertiary/aromatic N) is 3. The lowest BCUT2D eigenvalue weighted by atomic mass is 9.99. The minimum absolute atomic E-state index is 0.00684. The van der Waals surface area contributed by atoms with Crippen molar-refractivity contribution in [1.29, 1.82) is 0 Å². The molecule has 2 aromatic rings. The first kappa shape index (κ1) is 19.1. The molecule has 2 heterocycles. The van der Waals surface area contributed by atoms with E-state index in [0.29, 0.717) is 24.2 Å². The van der Waals surface area contributed by atoms with Crippen molar-refractivity contribution in [3.05, 3.63) is 47.3 Å². The van der Waals surface area contributed by atoms with E-state index in [1.807, 2.05) is 36.1 Å². The van der Waals surface area contributed by atoms with Gasteiger partial charge in [-0.1, -0.05) is 25.1 Å². The highest BCUT2D eigenvalue weighted by atomic mass is 16.5. The smallest absolute Gasteiger partial charge is 0.272 e. The maximum Gasteiger partial charge on any atom is 0.272 e. The van der Waals surface area contributed by atoms with E-state index in [2.05, 4.69) is 22.2 Å². The number of likely N-dealkylation sites (tertiary alicyclic amines) is 1. The predicted octanol–water partition coefficient (Wildman–Crippen LogP) is 3.81. The Morgan fingerprint density at radius 2 is 2.11 bits per heavy atom. The molecule has 1 atom stereocenters. The average Bonchev–Trinajstić information content (AvgIpc) is 2.71. The van der Waals surface area contributed by atoms with Gasteiger partial charge in [-0.15, -0.1) is 0 Å². The topological polar surface area (TPSA) is 67.4 Å². The fraction of sp³-hybridized carbons (Fsp3) is 0.476. The second-order valence-electron chi connectivity index (χ2n) is 6.94. The van der Waals surface area contributed by atoms with Crippen LogP contribution in [0.15, 0.2) is 30.3 Å². The fourth-order valence-corrected chi connectivity index (χ4v) is 3.62. The maximum atomic E-state index is 13.0. The lowest BCUT2D eigenvalue weighted by Gasteiger charge is -2.35. The van der Waals surface area contributed by atoms with E-state index >= 15 is 0 Å². The van der Waals surface area contributed by atoms with Gasteiger partial charge in [-0.25, -0.2) is 9.97 Å². The standard InChI is InChI=1S/C21H28N4O2/c1-4-17-10-7-8-12-25(17)20(26)18-13-15(2)23-21(24-18)22-14-16-9-5-6-11-19(16)27-3/h5-6,9,11,13,17H,4,7-8,10,12,14H2,1-3H3,(H,22,23,24). The average molecular weight is 368 g/mol. The number of para-hydroxylation sites is 1. The van der Waals surface area contributed by atoms with E-state index in [4.69, 9.17) is 4.74 Å². The highest BCUT2D eigenvalue weighted by molar-refractivity contribution is 5.93. The van der Waals surface area contributed by atoms with E-state index in [-0.39, 0.29) is 5.91 Å². The number of hydrogen-bond donors (Lipinski definition) is 1. The second kappa shape index (κ2) is 8.84. The van der Waals surface area contributed by atoms with Gasteiger partial charge in [-0.2, -0.15) is 0 Å². The number of carbonyl (C=O) groups excluding carboxylic acids is 1. The first-order valence-corrected chi connectivity index (χ1v) is 9.64. The van der Waals surface area contributed by atoms with Gasteiger partial charge in [0.25, 0.3) is 5.91 Å². The Morgan fingerprint density at radius 1 is 1.30 bits per heavy atom. The molecule has 1 N–H and O–H groups in total. The number of benzene rings is 1. The largest absolute Gasteiger partial charge is 0.496 e. The molecular weight excluding hydrogens is 340 g/mol. The summed E-state index contributed by atoms with van der Waals surface area (Å²) >= 11 is 0. The van der Waals surface area contributed by atoms with Gasteiger partial charge in [0.2, 0.25) is 5.95 Å². The van der Waals surface area contributed by atoms with E-state index < -0.39 is 0 Å². The number of aromatic nitrogens is 2. The SMILES string of the molecule is CCC1CCCCN1C(=O)c1cc(C)nc(NCc2ccccc2OC)n1. The van der Waals surface area contributed by atoms with Crippen molar-refractivity contribution in [2.45, 2.75) is 52.1 Å². The Hall–Kier alpha value is -2.63.